The van der Waals surface area contributed by atoms with E-state index in [9.17, 15) is 19.8 Å². The molecule has 0 radical (unpaired) electrons. The van der Waals surface area contributed by atoms with Crippen LogP contribution in [0.5, 0.6) is 0 Å². The molecule has 0 unspecified atom stereocenters. The summed E-state index contributed by atoms with van der Waals surface area (Å²) in [5.41, 5.74) is -0.0171. The van der Waals surface area contributed by atoms with E-state index in [2.05, 4.69) is 10.6 Å². The summed E-state index contributed by atoms with van der Waals surface area (Å²) >= 11 is 0. The Hall–Kier alpha value is -2.70. The van der Waals surface area contributed by atoms with Gasteiger partial charge in [-0.2, -0.15) is 0 Å². The molecule has 2 aliphatic carbocycles. The number of amides is 2. The van der Waals surface area contributed by atoms with Crippen molar-refractivity contribution >= 4 is 11.8 Å². The number of hydrogen-bond donors (Lipinski definition) is 4. The molecule has 6 heteroatoms. The average Bonchev–Trinajstić information content (AvgIpc) is 2.76. The largest absolute Gasteiger partial charge is 0.388 e. The van der Waals surface area contributed by atoms with Crippen molar-refractivity contribution < 1.29 is 19.8 Å². The molecule has 0 spiro atoms. The molecule has 2 atom stereocenters. The molecule has 0 heterocycles. The summed E-state index contributed by atoms with van der Waals surface area (Å²) in [7, 11) is 0. The van der Waals surface area contributed by atoms with Gasteiger partial charge >= 0.3 is 11.8 Å². The van der Waals surface area contributed by atoms with E-state index in [1.807, 2.05) is 60.7 Å². The molecule has 0 saturated heterocycles. The third-order valence-corrected chi connectivity index (χ3v) is 7.12. The summed E-state index contributed by atoms with van der Waals surface area (Å²) in [6.07, 6.45) is 5.10. The molecule has 4 rings (SSSR count). The standard InChI is InChI=1S/C26H32N2O4/c29-23(27-21(25(31)13-7-14-25)17-19-9-3-1-4-10-19)24(30)28-22(26(32)15-8-16-26)18-20-11-5-2-6-12-20/h1-6,9-12,21-22,31-32H,7-8,13-18H2,(H,27,29)(H,28,30)/t21-,22-/m1/s1. The fourth-order valence-corrected chi connectivity index (χ4v) is 4.67. The van der Waals surface area contributed by atoms with Crippen LogP contribution in [-0.4, -0.2) is 45.3 Å². The molecule has 4 N–H and O–H groups in total. The Balaban J connectivity index is 1.43. The highest BCUT2D eigenvalue weighted by molar-refractivity contribution is 6.35. The van der Waals surface area contributed by atoms with Gasteiger partial charge in [0.1, 0.15) is 0 Å². The van der Waals surface area contributed by atoms with Crippen molar-refractivity contribution in [2.45, 2.75) is 74.7 Å². The SMILES string of the molecule is O=C(N[C@H](Cc1ccccc1)C1(O)CCC1)C(=O)N[C@H](Cc1ccccc1)C1(O)CCC1. The first-order chi connectivity index (χ1) is 15.4. The van der Waals surface area contributed by atoms with Crippen molar-refractivity contribution in [3.63, 3.8) is 0 Å². The van der Waals surface area contributed by atoms with E-state index in [0.717, 1.165) is 24.0 Å². The van der Waals surface area contributed by atoms with Gasteiger partial charge in [0.25, 0.3) is 0 Å². The van der Waals surface area contributed by atoms with Gasteiger partial charge in [0, 0.05) is 0 Å². The molecule has 0 bridgehead atoms. The number of rotatable bonds is 8. The maximum atomic E-state index is 12.8. The minimum absolute atomic E-state index is 0.452. The molecule has 2 saturated carbocycles. The van der Waals surface area contributed by atoms with E-state index in [-0.39, 0.29) is 0 Å². The van der Waals surface area contributed by atoms with E-state index in [0.29, 0.717) is 38.5 Å². The fraction of sp³-hybridized carbons (Fsp3) is 0.462. The second-order valence-electron chi connectivity index (χ2n) is 9.35. The van der Waals surface area contributed by atoms with Crippen LogP contribution in [0.25, 0.3) is 0 Å². The van der Waals surface area contributed by atoms with Gasteiger partial charge in [-0.25, -0.2) is 0 Å². The first-order valence-corrected chi connectivity index (χ1v) is 11.5. The predicted octanol–water partition coefficient (Wildman–Crippen LogP) is 2.27. The summed E-state index contributed by atoms with van der Waals surface area (Å²) in [4.78, 5) is 25.7. The van der Waals surface area contributed by atoms with E-state index >= 15 is 0 Å². The molecule has 32 heavy (non-hydrogen) atoms. The fourth-order valence-electron chi connectivity index (χ4n) is 4.67. The lowest BCUT2D eigenvalue weighted by Crippen LogP contribution is -2.62. The van der Waals surface area contributed by atoms with Crippen LogP contribution in [0, 0.1) is 0 Å². The van der Waals surface area contributed by atoms with Gasteiger partial charge in [0.05, 0.1) is 23.3 Å². The summed E-state index contributed by atoms with van der Waals surface area (Å²) in [5, 5.41) is 27.4. The summed E-state index contributed by atoms with van der Waals surface area (Å²) in [6.45, 7) is 0. The lowest BCUT2D eigenvalue weighted by Gasteiger charge is -2.44. The second-order valence-corrected chi connectivity index (χ2v) is 9.35. The van der Waals surface area contributed by atoms with Crippen LogP contribution in [-0.2, 0) is 22.4 Å². The monoisotopic (exact) mass is 436 g/mol. The van der Waals surface area contributed by atoms with Gasteiger partial charge in [0.15, 0.2) is 0 Å². The third-order valence-electron chi connectivity index (χ3n) is 7.12. The maximum absolute atomic E-state index is 12.8. The van der Waals surface area contributed by atoms with Crippen LogP contribution in [0.3, 0.4) is 0 Å². The van der Waals surface area contributed by atoms with Gasteiger partial charge in [-0.15, -0.1) is 0 Å². The Labute approximate surface area is 189 Å². The molecule has 2 fully saturated rings. The molecule has 170 valence electrons. The summed E-state index contributed by atoms with van der Waals surface area (Å²) < 4.78 is 0. The lowest BCUT2D eigenvalue weighted by atomic mass is 9.72. The van der Waals surface area contributed by atoms with E-state index in [1.54, 1.807) is 0 Å². The zero-order valence-electron chi connectivity index (χ0n) is 18.3. The molecular weight excluding hydrogens is 404 g/mol. The quantitative estimate of drug-likeness (QED) is 0.477. The van der Waals surface area contributed by atoms with Crippen molar-refractivity contribution in [1.82, 2.24) is 10.6 Å². The molecule has 2 amide bonds. The molecule has 0 aliphatic heterocycles. The van der Waals surface area contributed by atoms with E-state index in [4.69, 9.17) is 0 Å². The molecule has 0 aromatic heterocycles. The van der Waals surface area contributed by atoms with Crippen LogP contribution in [0.15, 0.2) is 60.7 Å². The van der Waals surface area contributed by atoms with Crippen LogP contribution in [0.4, 0.5) is 0 Å². The summed E-state index contributed by atoms with van der Waals surface area (Å²) in [5.74, 6) is -1.54. The Bertz CT molecular complexity index is 846. The highest BCUT2D eigenvalue weighted by atomic mass is 16.3. The van der Waals surface area contributed by atoms with Gasteiger partial charge in [-0.1, -0.05) is 60.7 Å². The van der Waals surface area contributed by atoms with Crippen molar-refractivity contribution in [2.75, 3.05) is 0 Å². The first-order valence-electron chi connectivity index (χ1n) is 11.5. The number of benzene rings is 2. The Kier molecular flexibility index (Phi) is 6.63. The maximum Gasteiger partial charge on any atom is 0.309 e. The lowest BCUT2D eigenvalue weighted by molar-refractivity contribution is -0.145. The Morgan fingerprint density at radius 2 is 1.03 bits per heavy atom. The first kappa shape index (κ1) is 22.5. The van der Waals surface area contributed by atoms with Gasteiger partial charge in [-0.05, 0) is 62.5 Å². The van der Waals surface area contributed by atoms with Crippen LogP contribution in [0.2, 0.25) is 0 Å². The van der Waals surface area contributed by atoms with Crippen LogP contribution < -0.4 is 10.6 Å². The van der Waals surface area contributed by atoms with Gasteiger partial charge in [0.2, 0.25) is 0 Å². The molecule has 2 aliphatic rings. The number of carbonyl (C=O) groups is 2. The number of nitrogens with one attached hydrogen (secondary N) is 2. The number of hydrogen-bond acceptors (Lipinski definition) is 4. The van der Waals surface area contributed by atoms with Crippen molar-refractivity contribution in [3.8, 4) is 0 Å². The predicted molar refractivity (Wildman–Crippen MR) is 122 cm³/mol. The molecular formula is C26H32N2O4. The van der Waals surface area contributed by atoms with Gasteiger partial charge in [-0.3, -0.25) is 9.59 Å². The van der Waals surface area contributed by atoms with Crippen molar-refractivity contribution in [2.24, 2.45) is 0 Å². The number of aliphatic hydroxyl groups is 2. The van der Waals surface area contributed by atoms with E-state index in [1.165, 1.54) is 0 Å². The average molecular weight is 437 g/mol. The van der Waals surface area contributed by atoms with Crippen LogP contribution in [0.1, 0.15) is 49.7 Å². The van der Waals surface area contributed by atoms with Gasteiger partial charge < -0.3 is 20.8 Å². The zero-order chi connectivity index (χ0) is 22.6. The topological polar surface area (TPSA) is 98.7 Å². The minimum Gasteiger partial charge on any atom is -0.388 e. The third kappa shape index (κ3) is 5.03. The Morgan fingerprint density at radius 3 is 1.31 bits per heavy atom. The molecule has 2 aromatic rings. The highest BCUT2D eigenvalue weighted by Crippen LogP contribution is 2.37. The zero-order valence-corrected chi connectivity index (χ0v) is 18.3. The summed E-state index contributed by atoms with van der Waals surface area (Å²) in [6, 6.07) is 18.2. The van der Waals surface area contributed by atoms with Crippen molar-refractivity contribution in [3.05, 3.63) is 71.8 Å². The Morgan fingerprint density at radius 1 is 0.688 bits per heavy atom. The minimum atomic E-state index is -0.999. The van der Waals surface area contributed by atoms with Crippen molar-refractivity contribution in [1.29, 1.82) is 0 Å². The normalized spacial score (nSPS) is 20.2. The van der Waals surface area contributed by atoms with Crippen LogP contribution >= 0.6 is 0 Å². The molecule has 6 nitrogen and oxygen atoms in total. The highest BCUT2D eigenvalue weighted by Gasteiger charge is 2.45. The second kappa shape index (κ2) is 9.43. The molecule has 2 aromatic carbocycles. The smallest absolute Gasteiger partial charge is 0.309 e. The van der Waals surface area contributed by atoms with E-state index < -0.39 is 35.1 Å². The number of carbonyl (C=O) groups excluding carboxylic acids is 2.